The molecule has 0 N–H and O–H groups in total. The third-order valence-corrected chi connectivity index (χ3v) is 5.30. The lowest BCUT2D eigenvalue weighted by Gasteiger charge is -2.44. The van der Waals surface area contributed by atoms with Crippen LogP contribution in [0, 0.1) is 80.6 Å². The fraction of sp³-hybridized carbons (Fsp3) is 0.300. The van der Waals surface area contributed by atoms with Gasteiger partial charge in [-0.1, -0.05) is 0 Å². The van der Waals surface area contributed by atoms with E-state index in [0.29, 0.717) is 0 Å². The third kappa shape index (κ3) is 2.81. The van der Waals surface area contributed by atoms with Crippen LogP contribution in [0.1, 0.15) is 23.0 Å². The van der Waals surface area contributed by atoms with Crippen LogP contribution in [-0.2, 0) is 0 Å². The molecule has 0 saturated carbocycles. The van der Waals surface area contributed by atoms with Gasteiger partial charge >= 0.3 is 0 Å². The fourth-order valence-corrected chi connectivity index (χ4v) is 4.16. The first-order valence-electron chi connectivity index (χ1n) is 8.20. The monoisotopic (exact) mass is 382 g/mol. The van der Waals surface area contributed by atoms with E-state index in [9.17, 15) is 38.6 Å². The molecule has 4 nitrogen and oxygen atoms in total. The first-order chi connectivity index (χ1) is 13.4. The number of hydrogen-bond acceptors (Lipinski definition) is 4. The summed E-state index contributed by atoms with van der Waals surface area (Å²) in [7, 11) is 0. The molecule has 4 unspecified atom stereocenters. The van der Waals surface area contributed by atoms with Crippen LogP contribution in [0.2, 0.25) is 0 Å². The van der Waals surface area contributed by atoms with Gasteiger partial charge in [-0.15, -0.1) is 0 Å². The highest BCUT2D eigenvalue weighted by Gasteiger charge is 2.49. The van der Waals surface area contributed by atoms with E-state index in [1.54, 1.807) is 24.3 Å². The maximum atomic E-state index is 14.0. The Morgan fingerprint density at radius 3 is 1.25 bits per heavy atom. The normalized spacial score (nSPS) is 25.4. The van der Waals surface area contributed by atoms with Crippen molar-refractivity contribution >= 4 is 0 Å². The van der Waals surface area contributed by atoms with Gasteiger partial charge < -0.3 is 0 Å². The lowest BCUT2D eigenvalue weighted by molar-refractivity contribution is 0.261. The third-order valence-electron chi connectivity index (χ3n) is 5.30. The van der Waals surface area contributed by atoms with Crippen LogP contribution >= 0.6 is 0 Å². The summed E-state index contributed by atoms with van der Waals surface area (Å²) >= 11 is 0. The number of nitrogens with zero attached hydrogens (tertiary/aromatic N) is 4. The standard InChI is InChI=1S/C20H10F4N4/c21-15-1-11-12(2-16(15)22)20(10(7-27)8-28)14-4-18(24)17(23)3-13(14)19(11)9(5-25)6-26/h1-4,9-12,19-20H. The predicted octanol–water partition coefficient (Wildman–Crippen LogP) is 4.43. The minimum atomic E-state index is -1.36. The highest BCUT2D eigenvalue weighted by atomic mass is 19.2. The van der Waals surface area contributed by atoms with E-state index in [-0.39, 0.29) is 11.1 Å². The van der Waals surface area contributed by atoms with Crippen molar-refractivity contribution < 1.29 is 17.6 Å². The first kappa shape index (κ1) is 19.2. The van der Waals surface area contributed by atoms with E-state index in [1.807, 2.05) is 0 Å². The Labute approximate surface area is 157 Å². The molecule has 0 radical (unpaired) electrons. The Morgan fingerprint density at radius 1 is 0.643 bits per heavy atom. The van der Waals surface area contributed by atoms with Gasteiger partial charge in [-0.25, -0.2) is 17.6 Å². The molecule has 1 aromatic rings. The Hall–Kier alpha value is -3.62. The molecular weight excluding hydrogens is 372 g/mol. The van der Waals surface area contributed by atoms with Gasteiger partial charge in [-0.2, -0.15) is 21.0 Å². The largest absolute Gasteiger partial charge is 0.204 e. The van der Waals surface area contributed by atoms with Crippen LogP contribution in [0.25, 0.3) is 0 Å². The summed E-state index contributed by atoms with van der Waals surface area (Å²) in [6.07, 6.45) is 1.77. The summed E-state index contributed by atoms with van der Waals surface area (Å²) in [5.74, 6) is -11.8. The molecule has 0 saturated heterocycles. The van der Waals surface area contributed by atoms with Crippen LogP contribution in [0.4, 0.5) is 17.6 Å². The molecule has 138 valence electrons. The number of allylic oxidation sites excluding steroid dienone is 4. The molecule has 1 aromatic carbocycles. The van der Waals surface area contributed by atoms with Gasteiger partial charge in [-0.3, -0.25) is 0 Å². The second kappa shape index (κ2) is 7.18. The molecule has 8 heteroatoms. The van der Waals surface area contributed by atoms with Gasteiger partial charge in [0.1, 0.15) is 11.8 Å². The molecule has 3 rings (SSSR count). The first-order valence-corrected chi connectivity index (χ1v) is 8.20. The maximum Gasteiger partial charge on any atom is 0.159 e. The molecule has 0 aromatic heterocycles. The van der Waals surface area contributed by atoms with E-state index in [0.717, 1.165) is 24.3 Å². The van der Waals surface area contributed by atoms with Crippen molar-refractivity contribution in [3.05, 3.63) is 58.7 Å². The van der Waals surface area contributed by atoms with Gasteiger partial charge in [0.25, 0.3) is 0 Å². The minimum Gasteiger partial charge on any atom is -0.204 e. The minimum absolute atomic E-state index is 0.0357. The van der Waals surface area contributed by atoms with Gasteiger partial charge in [0, 0.05) is 11.8 Å². The lowest BCUT2D eigenvalue weighted by atomic mass is 9.57. The number of rotatable bonds is 2. The van der Waals surface area contributed by atoms with Crippen molar-refractivity contribution in [3.63, 3.8) is 0 Å². The summed E-state index contributed by atoms with van der Waals surface area (Å²) in [4.78, 5) is 0. The fourth-order valence-electron chi connectivity index (χ4n) is 4.16. The van der Waals surface area contributed by atoms with Gasteiger partial charge in [0.15, 0.2) is 23.3 Å². The van der Waals surface area contributed by atoms with Crippen LogP contribution in [0.15, 0.2) is 35.9 Å². The van der Waals surface area contributed by atoms with E-state index in [1.165, 1.54) is 0 Å². The van der Waals surface area contributed by atoms with Crippen molar-refractivity contribution in [3.8, 4) is 24.3 Å². The van der Waals surface area contributed by atoms with Gasteiger partial charge in [0.05, 0.1) is 24.3 Å². The molecule has 2 aliphatic rings. The Balaban J connectivity index is 2.37. The molecule has 0 bridgehead atoms. The van der Waals surface area contributed by atoms with E-state index < -0.39 is 58.8 Å². The van der Waals surface area contributed by atoms with E-state index in [4.69, 9.17) is 0 Å². The zero-order valence-electron chi connectivity index (χ0n) is 14.1. The molecule has 0 spiro atoms. The molecule has 0 heterocycles. The molecular formula is C20H10F4N4. The zero-order chi connectivity index (χ0) is 20.6. The summed E-state index contributed by atoms with van der Waals surface area (Å²) in [5.41, 5.74) is 0.0713. The number of benzene rings is 1. The second-order valence-corrected chi connectivity index (χ2v) is 6.60. The second-order valence-electron chi connectivity index (χ2n) is 6.60. The molecule has 0 fully saturated rings. The van der Waals surface area contributed by atoms with Crippen LogP contribution in [-0.4, -0.2) is 0 Å². The molecule has 0 amide bonds. The highest BCUT2D eigenvalue weighted by Crippen LogP contribution is 2.55. The molecule has 0 aliphatic heterocycles. The topological polar surface area (TPSA) is 95.2 Å². The van der Waals surface area contributed by atoms with Crippen molar-refractivity contribution in [2.45, 2.75) is 11.8 Å². The highest BCUT2D eigenvalue weighted by molar-refractivity contribution is 5.47. The molecule has 4 atom stereocenters. The molecule has 28 heavy (non-hydrogen) atoms. The average molecular weight is 382 g/mol. The predicted molar refractivity (Wildman–Crippen MR) is 86.6 cm³/mol. The van der Waals surface area contributed by atoms with Crippen LogP contribution in [0.3, 0.4) is 0 Å². The summed E-state index contributed by atoms with van der Waals surface area (Å²) < 4.78 is 55.9. The SMILES string of the molecule is N#CC(C#N)C1c2cc(F)c(F)cc2C(C(C#N)C#N)C2C=C(F)C(F)=CC21. The Bertz CT molecular complexity index is 951. The summed E-state index contributed by atoms with van der Waals surface area (Å²) in [5, 5.41) is 37.4. The number of nitriles is 4. The van der Waals surface area contributed by atoms with Crippen molar-refractivity contribution in [1.29, 1.82) is 21.0 Å². The van der Waals surface area contributed by atoms with Crippen molar-refractivity contribution in [1.82, 2.24) is 0 Å². The quantitative estimate of drug-likeness (QED) is 0.707. The van der Waals surface area contributed by atoms with Crippen molar-refractivity contribution in [2.75, 3.05) is 0 Å². The van der Waals surface area contributed by atoms with Gasteiger partial charge in [0.2, 0.25) is 0 Å². The summed E-state index contributed by atoms with van der Waals surface area (Å²) in [6.45, 7) is 0. The maximum absolute atomic E-state index is 14.0. The number of hydrogen-bond donors (Lipinski definition) is 0. The van der Waals surface area contributed by atoms with E-state index >= 15 is 0 Å². The van der Waals surface area contributed by atoms with E-state index in [2.05, 4.69) is 0 Å². The van der Waals surface area contributed by atoms with Gasteiger partial charge in [-0.05, 0) is 47.2 Å². The zero-order valence-corrected chi connectivity index (χ0v) is 14.1. The number of fused-ring (bicyclic) bond motifs is 2. The lowest BCUT2D eigenvalue weighted by Crippen LogP contribution is -2.38. The Kier molecular flexibility index (Phi) is 4.91. The Morgan fingerprint density at radius 2 is 0.964 bits per heavy atom. The average Bonchev–Trinajstić information content (AvgIpc) is 2.68. The number of halogens is 4. The van der Waals surface area contributed by atoms with Crippen LogP contribution in [0.5, 0.6) is 0 Å². The smallest absolute Gasteiger partial charge is 0.159 e. The van der Waals surface area contributed by atoms with Crippen LogP contribution < -0.4 is 0 Å². The van der Waals surface area contributed by atoms with Crippen molar-refractivity contribution in [2.24, 2.45) is 23.7 Å². The molecule has 2 aliphatic carbocycles. The summed E-state index contributed by atoms with van der Waals surface area (Å²) in [6, 6.07) is 8.61.